The predicted molar refractivity (Wildman–Crippen MR) is 73.1 cm³/mol. The topological polar surface area (TPSA) is 37.8 Å². The Labute approximate surface area is 114 Å². The van der Waals surface area contributed by atoms with Crippen molar-refractivity contribution in [2.24, 2.45) is 0 Å². The second-order valence-corrected chi connectivity index (χ2v) is 4.82. The van der Waals surface area contributed by atoms with Crippen molar-refractivity contribution < 1.29 is 4.39 Å². The van der Waals surface area contributed by atoms with Gasteiger partial charge in [0.05, 0.1) is 4.47 Å². The van der Waals surface area contributed by atoms with Crippen LogP contribution in [0.2, 0.25) is 0 Å². The summed E-state index contributed by atoms with van der Waals surface area (Å²) in [6.45, 7) is 2.67. The maximum absolute atomic E-state index is 13.1. The Morgan fingerprint density at radius 3 is 2.83 bits per heavy atom. The number of benzene rings is 1. The molecular formula is C13H13BrFN3. The molecule has 18 heavy (non-hydrogen) atoms. The maximum atomic E-state index is 13.1. The van der Waals surface area contributed by atoms with Crippen molar-refractivity contribution in [1.29, 1.82) is 0 Å². The highest BCUT2D eigenvalue weighted by molar-refractivity contribution is 9.10. The van der Waals surface area contributed by atoms with E-state index in [1.165, 1.54) is 12.4 Å². The fraction of sp³-hybridized carbons (Fsp3) is 0.231. The molecule has 1 aromatic carbocycles. The number of halogens is 2. The molecule has 0 fully saturated rings. The Morgan fingerprint density at radius 1 is 1.28 bits per heavy atom. The Hall–Kier alpha value is -1.49. The zero-order chi connectivity index (χ0) is 13.0. The average molecular weight is 310 g/mol. The van der Waals surface area contributed by atoms with E-state index in [9.17, 15) is 4.39 Å². The third-order valence-electron chi connectivity index (χ3n) is 2.51. The Kier molecular flexibility index (Phi) is 4.25. The fourth-order valence-electron chi connectivity index (χ4n) is 1.58. The number of hydrogen-bond acceptors (Lipinski definition) is 3. The monoisotopic (exact) mass is 309 g/mol. The Morgan fingerprint density at radius 2 is 2.11 bits per heavy atom. The molecule has 0 saturated carbocycles. The molecule has 2 aromatic rings. The first-order valence-electron chi connectivity index (χ1n) is 5.61. The van der Waals surface area contributed by atoms with E-state index >= 15 is 0 Å². The van der Waals surface area contributed by atoms with Gasteiger partial charge in [-0.15, -0.1) is 0 Å². The van der Waals surface area contributed by atoms with Crippen LogP contribution in [-0.2, 0) is 6.42 Å². The number of nitrogens with zero attached hydrogens (tertiary/aromatic N) is 2. The van der Waals surface area contributed by atoms with Crippen LogP contribution in [0.3, 0.4) is 0 Å². The minimum atomic E-state index is -0.238. The standard InChI is InChI=1S/C13H13BrFN3/c1-9-6-13(18-8-17-9)16-5-4-10-2-3-12(15)11(14)7-10/h2-3,6-8H,4-5H2,1H3,(H,16,17,18). The van der Waals surface area contributed by atoms with E-state index in [2.05, 4.69) is 31.2 Å². The van der Waals surface area contributed by atoms with Gasteiger partial charge in [0.1, 0.15) is 18.0 Å². The van der Waals surface area contributed by atoms with Gasteiger partial charge in [-0.2, -0.15) is 0 Å². The molecule has 5 heteroatoms. The van der Waals surface area contributed by atoms with Gasteiger partial charge in [0.15, 0.2) is 0 Å². The van der Waals surface area contributed by atoms with E-state index < -0.39 is 0 Å². The number of anilines is 1. The largest absolute Gasteiger partial charge is 0.370 e. The van der Waals surface area contributed by atoms with Gasteiger partial charge in [0.25, 0.3) is 0 Å². The lowest BCUT2D eigenvalue weighted by Crippen LogP contribution is -2.06. The van der Waals surface area contributed by atoms with Gasteiger partial charge >= 0.3 is 0 Å². The van der Waals surface area contributed by atoms with E-state index in [1.54, 1.807) is 12.1 Å². The summed E-state index contributed by atoms with van der Waals surface area (Å²) >= 11 is 3.18. The van der Waals surface area contributed by atoms with Crippen LogP contribution in [0.5, 0.6) is 0 Å². The molecule has 0 spiro atoms. The summed E-state index contributed by atoms with van der Waals surface area (Å²) in [5.74, 6) is 0.571. The van der Waals surface area contributed by atoms with Crippen LogP contribution >= 0.6 is 15.9 Å². The molecule has 1 N–H and O–H groups in total. The van der Waals surface area contributed by atoms with E-state index in [0.717, 1.165) is 30.0 Å². The number of nitrogens with one attached hydrogen (secondary N) is 1. The van der Waals surface area contributed by atoms with Gasteiger partial charge < -0.3 is 5.32 Å². The molecule has 0 atom stereocenters. The lowest BCUT2D eigenvalue weighted by atomic mass is 10.1. The van der Waals surface area contributed by atoms with Gasteiger partial charge in [0.2, 0.25) is 0 Å². The van der Waals surface area contributed by atoms with Gasteiger partial charge in [-0.1, -0.05) is 6.07 Å². The van der Waals surface area contributed by atoms with Crippen LogP contribution in [0.1, 0.15) is 11.3 Å². The molecular weight excluding hydrogens is 297 g/mol. The lowest BCUT2D eigenvalue weighted by molar-refractivity contribution is 0.620. The van der Waals surface area contributed by atoms with Crippen molar-refractivity contribution in [3.63, 3.8) is 0 Å². The maximum Gasteiger partial charge on any atom is 0.137 e. The van der Waals surface area contributed by atoms with Crippen molar-refractivity contribution in [3.05, 3.63) is 52.1 Å². The second-order valence-electron chi connectivity index (χ2n) is 3.97. The summed E-state index contributed by atoms with van der Waals surface area (Å²) in [6, 6.07) is 6.93. The zero-order valence-corrected chi connectivity index (χ0v) is 11.5. The molecule has 0 saturated heterocycles. The van der Waals surface area contributed by atoms with E-state index in [4.69, 9.17) is 0 Å². The molecule has 0 aliphatic carbocycles. The molecule has 0 radical (unpaired) electrons. The van der Waals surface area contributed by atoms with Crippen LogP contribution < -0.4 is 5.32 Å². The smallest absolute Gasteiger partial charge is 0.137 e. The highest BCUT2D eigenvalue weighted by Gasteiger charge is 2.01. The second kappa shape index (κ2) is 5.91. The first-order valence-corrected chi connectivity index (χ1v) is 6.41. The highest BCUT2D eigenvalue weighted by Crippen LogP contribution is 2.17. The normalized spacial score (nSPS) is 10.4. The summed E-state index contributed by atoms with van der Waals surface area (Å²) < 4.78 is 13.5. The SMILES string of the molecule is Cc1cc(NCCc2ccc(F)c(Br)c2)ncn1. The predicted octanol–water partition coefficient (Wildman–Crippen LogP) is 3.34. The van der Waals surface area contributed by atoms with Crippen LogP contribution in [-0.4, -0.2) is 16.5 Å². The lowest BCUT2D eigenvalue weighted by Gasteiger charge is -2.06. The minimum absolute atomic E-state index is 0.238. The van der Waals surface area contributed by atoms with Gasteiger partial charge in [-0.25, -0.2) is 14.4 Å². The Bertz CT molecular complexity index is 546. The summed E-state index contributed by atoms with van der Waals surface area (Å²) in [7, 11) is 0. The molecule has 1 heterocycles. The molecule has 1 aromatic heterocycles. The first-order chi connectivity index (χ1) is 8.65. The van der Waals surface area contributed by atoms with Crippen LogP contribution in [0.25, 0.3) is 0 Å². The zero-order valence-electron chi connectivity index (χ0n) is 9.95. The molecule has 0 aliphatic rings. The summed E-state index contributed by atoms with van der Waals surface area (Å²) in [4.78, 5) is 8.14. The number of aryl methyl sites for hydroxylation is 1. The Balaban J connectivity index is 1.90. The summed E-state index contributed by atoms with van der Waals surface area (Å²) in [5, 5.41) is 3.21. The molecule has 94 valence electrons. The van der Waals surface area contributed by atoms with E-state index in [1.807, 2.05) is 13.0 Å². The third-order valence-corrected chi connectivity index (χ3v) is 3.12. The van der Waals surface area contributed by atoms with Crippen molar-refractivity contribution in [2.45, 2.75) is 13.3 Å². The summed E-state index contributed by atoms with van der Waals surface area (Å²) in [5.41, 5.74) is 2.00. The number of rotatable bonds is 4. The summed E-state index contributed by atoms with van der Waals surface area (Å²) in [6.07, 6.45) is 2.34. The highest BCUT2D eigenvalue weighted by atomic mass is 79.9. The molecule has 0 bridgehead atoms. The third kappa shape index (κ3) is 3.50. The molecule has 3 nitrogen and oxygen atoms in total. The molecule has 0 unspecified atom stereocenters. The fourth-order valence-corrected chi connectivity index (χ4v) is 2.01. The van der Waals surface area contributed by atoms with Crippen molar-refractivity contribution >= 4 is 21.7 Å². The molecule has 0 amide bonds. The molecule has 0 aliphatic heterocycles. The van der Waals surface area contributed by atoms with Gasteiger partial charge in [-0.05, 0) is 47.0 Å². The van der Waals surface area contributed by atoms with Crippen LogP contribution in [0.15, 0.2) is 35.1 Å². The van der Waals surface area contributed by atoms with Crippen molar-refractivity contribution in [3.8, 4) is 0 Å². The van der Waals surface area contributed by atoms with Gasteiger partial charge in [0, 0.05) is 18.3 Å². The van der Waals surface area contributed by atoms with E-state index in [0.29, 0.717) is 4.47 Å². The van der Waals surface area contributed by atoms with Crippen molar-refractivity contribution in [2.75, 3.05) is 11.9 Å². The average Bonchev–Trinajstić information content (AvgIpc) is 2.34. The quantitative estimate of drug-likeness (QED) is 0.941. The first kappa shape index (κ1) is 13.0. The number of hydrogen-bond donors (Lipinski definition) is 1. The van der Waals surface area contributed by atoms with Crippen molar-refractivity contribution in [1.82, 2.24) is 9.97 Å². The minimum Gasteiger partial charge on any atom is -0.370 e. The van der Waals surface area contributed by atoms with Crippen LogP contribution in [0.4, 0.5) is 10.2 Å². The molecule has 2 rings (SSSR count). The van der Waals surface area contributed by atoms with Gasteiger partial charge in [-0.3, -0.25) is 0 Å². The van der Waals surface area contributed by atoms with Crippen LogP contribution in [0, 0.1) is 12.7 Å². The van der Waals surface area contributed by atoms with E-state index in [-0.39, 0.29) is 5.82 Å². The number of aromatic nitrogens is 2.